The highest BCUT2D eigenvalue weighted by Gasteiger charge is 2.19. The number of para-hydroxylation sites is 1. The van der Waals surface area contributed by atoms with E-state index >= 15 is 0 Å². The van der Waals surface area contributed by atoms with Crippen LogP contribution in [0.15, 0.2) is 36.4 Å². The Bertz CT molecular complexity index is 704. The highest BCUT2D eigenvalue weighted by molar-refractivity contribution is 5.43. The van der Waals surface area contributed by atoms with Gasteiger partial charge in [-0.1, -0.05) is 59.7 Å². The molecule has 0 saturated carbocycles. The maximum absolute atomic E-state index is 9.73. The summed E-state index contributed by atoms with van der Waals surface area (Å²) in [6.45, 7) is 14.4. The molecule has 0 bridgehead atoms. The highest BCUT2D eigenvalue weighted by Crippen LogP contribution is 2.33. The van der Waals surface area contributed by atoms with Gasteiger partial charge in [0.05, 0.1) is 7.11 Å². The van der Waals surface area contributed by atoms with Crippen LogP contribution in [0.5, 0.6) is 17.2 Å². The minimum absolute atomic E-state index is 0.0239. The van der Waals surface area contributed by atoms with Gasteiger partial charge in [0, 0.05) is 5.56 Å². The largest absolute Gasteiger partial charge is 0.508 e. The van der Waals surface area contributed by atoms with Crippen LogP contribution in [-0.2, 0) is 10.8 Å². The lowest BCUT2D eigenvalue weighted by molar-refractivity contribution is 0.405. The number of methoxy groups -OCH3 is 1. The SMILES string of the molecule is COc1ccc(O)c(C(C)(C)C)c1.Cc1cccc(C(C)(C)C)c1O. The van der Waals surface area contributed by atoms with Crippen molar-refractivity contribution in [1.82, 2.24) is 0 Å². The van der Waals surface area contributed by atoms with E-state index in [1.54, 1.807) is 19.2 Å². The molecular weight excluding hydrogens is 312 g/mol. The van der Waals surface area contributed by atoms with E-state index in [2.05, 4.69) is 41.5 Å². The van der Waals surface area contributed by atoms with Crippen LogP contribution in [0.2, 0.25) is 0 Å². The molecule has 0 aliphatic carbocycles. The number of hydrogen-bond donors (Lipinski definition) is 2. The maximum atomic E-state index is 9.73. The third-order valence-electron chi connectivity index (χ3n) is 4.06. The van der Waals surface area contributed by atoms with E-state index in [9.17, 15) is 10.2 Å². The second-order valence-electron chi connectivity index (χ2n) is 8.35. The zero-order valence-electron chi connectivity index (χ0n) is 16.8. The van der Waals surface area contributed by atoms with Gasteiger partial charge in [0.15, 0.2) is 0 Å². The standard InChI is InChI=1S/C11H16O2.C11H16O/c1-11(2,3)9-7-8(13-4)5-6-10(9)12;1-8-6-5-7-9(10(8)12)11(2,3)4/h5-7,12H,1-4H3;5-7,12H,1-4H3. The Kier molecular flexibility index (Phi) is 6.53. The Balaban J connectivity index is 0.000000251. The van der Waals surface area contributed by atoms with Gasteiger partial charge in [-0.05, 0) is 47.1 Å². The van der Waals surface area contributed by atoms with Crippen LogP contribution in [0.25, 0.3) is 0 Å². The smallest absolute Gasteiger partial charge is 0.122 e. The fourth-order valence-corrected chi connectivity index (χ4v) is 2.51. The molecule has 3 nitrogen and oxygen atoms in total. The minimum Gasteiger partial charge on any atom is -0.508 e. The van der Waals surface area contributed by atoms with Crippen molar-refractivity contribution in [2.24, 2.45) is 0 Å². The highest BCUT2D eigenvalue weighted by atomic mass is 16.5. The predicted molar refractivity (Wildman–Crippen MR) is 105 cm³/mol. The van der Waals surface area contributed by atoms with E-state index in [0.29, 0.717) is 11.5 Å². The molecule has 0 saturated heterocycles. The minimum atomic E-state index is -0.0569. The summed E-state index contributed by atoms with van der Waals surface area (Å²) in [6.07, 6.45) is 0. The van der Waals surface area contributed by atoms with Crippen molar-refractivity contribution in [2.45, 2.75) is 59.3 Å². The molecule has 0 aromatic heterocycles. The van der Waals surface area contributed by atoms with Crippen molar-refractivity contribution >= 4 is 0 Å². The first-order chi connectivity index (χ1) is 11.4. The topological polar surface area (TPSA) is 49.7 Å². The molecule has 0 radical (unpaired) electrons. The molecule has 2 rings (SSSR count). The molecule has 0 amide bonds. The van der Waals surface area contributed by atoms with E-state index in [4.69, 9.17) is 4.74 Å². The Morgan fingerprint density at radius 2 is 1.36 bits per heavy atom. The van der Waals surface area contributed by atoms with Gasteiger partial charge >= 0.3 is 0 Å². The van der Waals surface area contributed by atoms with E-state index < -0.39 is 0 Å². The number of phenols is 2. The van der Waals surface area contributed by atoms with Crippen LogP contribution >= 0.6 is 0 Å². The van der Waals surface area contributed by atoms with Crippen molar-refractivity contribution in [3.63, 3.8) is 0 Å². The number of hydrogen-bond acceptors (Lipinski definition) is 3. The first kappa shape index (κ1) is 20.9. The summed E-state index contributed by atoms with van der Waals surface area (Å²) < 4.78 is 5.09. The average molecular weight is 344 g/mol. The number of aryl methyl sites for hydroxylation is 1. The van der Waals surface area contributed by atoms with Crippen LogP contribution in [0, 0.1) is 6.92 Å². The van der Waals surface area contributed by atoms with Crippen molar-refractivity contribution < 1.29 is 14.9 Å². The zero-order valence-corrected chi connectivity index (χ0v) is 16.8. The number of phenolic OH excluding ortho intramolecular Hbond substituents is 2. The van der Waals surface area contributed by atoms with Crippen molar-refractivity contribution in [3.8, 4) is 17.2 Å². The predicted octanol–water partition coefficient (Wildman–Crippen LogP) is 5.70. The Labute approximate surface area is 152 Å². The number of ether oxygens (including phenoxy) is 1. The Hall–Kier alpha value is -2.16. The molecule has 25 heavy (non-hydrogen) atoms. The van der Waals surface area contributed by atoms with E-state index in [-0.39, 0.29) is 10.8 Å². The van der Waals surface area contributed by atoms with E-state index in [1.165, 1.54) is 0 Å². The average Bonchev–Trinajstić information content (AvgIpc) is 2.49. The van der Waals surface area contributed by atoms with Crippen molar-refractivity contribution in [1.29, 1.82) is 0 Å². The molecule has 0 aliphatic rings. The molecular formula is C22H32O3. The lowest BCUT2D eigenvalue weighted by Crippen LogP contribution is -2.11. The molecule has 0 fully saturated rings. The first-order valence-electron chi connectivity index (χ1n) is 8.54. The molecule has 0 atom stereocenters. The van der Waals surface area contributed by atoms with Gasteiger partial charge in [-0.3, -0.25) is 0 Å². The second-order valence-corrected chi connectivity index (χ2v) is 8.35. The monoisotopic (exact) mass is 344 g/mol. The summed E-state index contributed by atoms with van der Waals surface area (Å²) in [4.78, 5) is 0. The van der Waals surface area contributed by atoms with Crippen molar-refractivity contribution in [2.75, 3.05) is 7.11 Å². The fourth-order valence-electron chi connectivity index (χ4n) is 2.51. The van der Waals surface area contributed by atoms with Gasteiger partial charge in [0.1, 0.15) is 17.2 Å². The summed E-state index contributed by atoms with van der Waals surface area (Å²) in [5, 5.41) is 19.3. The lowest BCUT2D eigenvalue weighted by Gasteiger charge is -2.20. The molecule has 3 heteroatoms. The Morgan fingerprint density at radius 1 is 0.800 bits per heavy atom. The Morgan fingerprint density at radius 3 is 1.80 bits per heavy atom. The van der Waals surface area contributed by atoms with Crippen LogP contribution in [0.4, 0.5) is 0 Å². The van der Waals surface area contributed by atoms with Gasteiger partial charge in [0.25, 0.3) is 0 Å². The summed E-state index contributed by atoms with van der Waals surface area (Å²) in [5.41, 5.74) is 2.84. The van der Waals surface area contributed by atoms with Crippen molar-refractivity contribution in [3.05, 3.63) is 53.1 Å². The molecule has 2 aromatic carbocycles. The molecule has 0 heterocycles. The molecule has 0 aliphatic heterocycles. The summed E-state index contributed by atoms with van der Waals surface area (Å²) in [5.74, 6) is 1.54. The number of aromatic hydroxyl groups is 2. The second kappa shape index (κ2) is 7.81. The number of benzene rings is 2. The zero-order chi connectivity index (χ0) is 19.4. The summed E-state index contributed by atoms with van der Waals surface area (Å²) >= 11 is 0. The van der Waals surface area contributed by atoms with Gasteiger partial charge < -0.3 is 14.9 Å². The van der Waals surface area contributed by atoms with Gasteiger partial charge in [-0.25, -0.2) is 0 Å². The van der Waals surface area contributed by atoms with Crippen LogP contribution in [0.3, 0.4) is 0 Å². The van der Waals surface area contributed by atoms with Crippen LogP contribution in [0.1, 0.15) is 58.2 Å². The quantitative estimate of drug-likeness (QED) is 0.698. The third kappa shape index (κ3) is 5.70. The molecule has 2 aromatic rings. The normalized spacial score (nSPS) is 11.5. The van der Waals surface area contributed by atoms with Gasteiger partial charge in [-0.15, -0.1) is 0 Å². The molecule has 0 unspecified atom stereocenters. The summed E-state index contributed by atoms with van der Waals surface area (Å²) in [7, 11) is 1.62. The van der Waals surface area contributed by atoms with E-state index in [1.807, 2.05) is 31.2 Å². The van der Waals surface area contributed by atoms with Crippen LogP contribution < -0.4 is 4.74 Å². The molecule has 2 N–H and O–H groups in total. The van der Waals surface area contributed by atoms with Crippen LogP contribution in [-0.4, -0.2) is 17.3 Å². The van der Waals surface area contributed by atoms with E-state index in [0.717, 1.165) is 22.4 Å². The molecule has 0 spiro atoms. The van der Waals surface area contributed by atoms with Gasteiger partial charge in [0.2, 0.25) is 0 Å². The number of rotatable bonds is 1. The fraction of sp³-hybridized carbons (Fsp3) is 0.455. The first-order valence-corrected chi connectivity index (χ1v) is 8.54. The van der Waals surface area contributed by atoms with Gasteiger partial charge in [-0.2, -0.15) is 0 Å². The third-order valence-corrected chi connectivity index (χ3v) is 4.06. The maximum Gasteiger partial charge on any atom is 0.122 e. The molecule has 138 valence electrons. The lowest BCUT2D eigenvalue weighted by atomic mass is 9.85. The summed E-state index contributed by atoms with van der Waals surface area (Å²) in [6, 6.07) is 11.2.